The zero-order valence-corrected chi connectivity index (χ0v) is 12.8. The van der Waals surface area contributed by atoms with Crippen LogP contribution in [0.3, 0.4) is 0 Å². The third kappa shape index (κ3) is 2.51. The smallest absolute Gasteiger partial charge is 0.226 e. The lowest BCUT2D eigenvalue weighted by Crippen LogP contribution is -2.00. The molecule has 0 radical (unpaired) electrons. The number of hydrogen-bond acceptors (Lipinski definition) is 3. The van der Waals surface area contributed by atoms with Gasteiger partial charge in [-0.25, -0.2) is 4.98 Å². The molecule has 1 heterocycles. The molecule has 0 spiro atoms. The average Bonchev–Trinajstić information content (AvgIpc) is 3.22. The molecule has 4 heteroatoms. The Hall–Kier alpha value is -1.61. The van der Waals surface area contributed by atoms with Crippen LogP contribution in [-0.2, 0) is 12.8 Å². The van der Waals surface area contributed by atoms with E-state index >= 15 is 0 Å². The van der Waals surface area contributed by atoms with Gasteiger partial charge >= 0.3 is 0 Å². The highest BCUT2D eigenvalue weighted by Crippen LogP contribution is 2.40. The minimum atomic E-state index is 0.463. The summed E-state index contributed by atoms with van der Waals surface area (Å²) in [6, 6.07) is 6.32. The van der Waals surface area contributed by atoms with E-state index in [0.717, 1.165) is 36.4 Å². The Labute approximate surface area is 129 Å². The van der Waals surface area contributed by atoms with Crippen molar-refractivity contribution in [2.75, 3.05) is 0 Å². The Morgan fingerprint density at radius 3 is 2.76 bits per heavy atom. The molecule has 0 aliphatic heterocycles. The maximum Gasteiger partial charge on any atom is 0.226 e. The van der Waals surface area contributed by atoms with Gasteiger partial charge in [-0.1, -0.05) is 17.7 Å². The Balaban J connectivity index is 1.67. The molecule has 0 unspecified atom stereocenters. The minimum Gasteiger partial charge on any atom is -0.439 e. The lowest BCUT2D eigenvalue weighted by molar-refractivity contribution is 0.454. The van der Waals surface area contributed by atoms with Crippen LogP contribution in [0, 0.1) is 6.92 Å². The van der Waals surface area contributed by atoms with E-state index in [2.05, 4.69) is 22.1 Å². The maximum absolute atomic E-state index is 6.22. The third-order valence-corrected chi connectivity index (χ3v) is 4.65. The number of fused-ring (bicyclic) bond motifs is 1. The van der Waals surface area contributed by atoms with Crippen molar-refractivity contribution in [3.8, 4) is 11.6 Å². The van der Waals surface area contributed by atoms with E-state index < -0.39 is 0 Å². The van der Waals surface area contributed by atoms with E-state index in [-0.39, 0.29) is 0 Å². The lowest BCUT2D eigenvalue weighted by atomic mass is 10.1. The number of nitrogens with zero attached hydrogens (tertiary/aromatic N) is 2. The van der Waals surface area contributed by atoms with Gasteiger partial charge in [0.1, 0.15) is 16.7 Å². The van der Waals surface area contributed by atoms with Crippen LogP contribution in [0.4, 0.5) is 0 Å². The van der Waals surface area contributed by atoms with E-state index in [1.807, 2.05) is 13.0 Å². The molecular formula is C17H17ClN2O. The quantitative estimate of drug-likeness (QED) is 0.777. The first-order chi connectivity index (χ1) is 10.2. The first-order valence-electron chi connectivity index (χ1n) is 7.54. The molecule has 3 nitrogen and oxygen atoms in total. The molecule has 2 aromatic rings. The highest BCUT2D eigenvalue weighted by atomic mass is 35.5. The Kier molecular flexibility index (Phi) is 3.11. The van der Waals surface area contributed by atoms with Crippen LogP contribution in [0.25, 0.3) is 0 Å². The van der Waals surface area contributed by atoms with E-state index in [1.165, 1.54) is 24.0 Å². The summed E-state index contributed by atoms with van der Waals surface area (Å²) in [7, 11) is 0. The van der Waals surface area contributed by atoms with Gasteiger partial charge < -0.3 is 4.74 Å². The fraction of sp³-hybridized carbons (Fsp3) is 0.412. The topological polar surface area (TPSA) is 35.0 Å². The van der Waals surface area contributed by atoms with Gasteiger partial charge in [0.25, 0.3) is 0 Å². The summed E-state index contributed by atoms with van der Waals surface area (Å²) >= 11 is 6.22. The van der Waals surface area contributed by atoms with Crippen molar-refractivity contribution in [3.05, 3.63) is 45.9 Å². The summed E-state index contributed by atoms with van der Waals surface area (Å²) in [6.45, 7) is 1.90. The monoisotopic (exact) mass is 300 g/mol. The fourth-order valence-electron chi connectivity index (χ4n) is 2.83. The van der Waals surface area contributed by atoms with Gasteiger partial charge in [0, 0.05) is 11.5 Å². The normalized spacial score (nSPS) is 16.9. The fourth-order valence-corrected chi connectivity index (χ4v) is 3.00. The molecule has 0 bridgehead atoms. The van der Waals surface area contributed by atoms with Crippen LogP contribution < -0.4 is 4.74 Å². The summed E-state index contributed by atoms with van der Waals surface area (Å²) in [5.74, 6) is 2.72. The van der Waals surface area contributed by atoms with Gasteiger partial charge in [-0.05, 0) is 62.3 Å². The van der Waals surface area contributed by atoms with E-state index in [9.17, 15) is 0 Å². The molecule has 2 aliphatic carbocycles. The third-order valence-electron chi connectivity index (χ3n) is 4.29. The summed E-state index contributed by atoms with van der Waals surface area (Å²) in [6.07, 6.45) is 5.86. The molecule has 0 N–H and O–H groups in total. The first kappa shape index (κ1) is 13.1. The number of rotatable bonds is 3. The second-order valence-electron chi connectivity index (χ2n) is 5.96. The van der Waals surface area contributed by atoms with Crippen molar-refractivity contribution >= 4 is 11.6 Å². The van der Waals surface area contributed by atoms with Gasteiger partial charge in [0.05, 0.1) is 0 Å². The molecule has 0 saturated heterocycles. The van der Waals surface area contributed by atoms with Crippen LogP contribution >= 0.6 is 11.6 Å². The van der Waals surface area contributed by atoms with Crippen molar-refractivity contribution in [2.45, 2.75) is 44.9 Å². The summed E-state index contributed by atoms with van der Waals surface area (Å²) in [4.78, 5) is 8.94. The summed E-state index contributed by atoms with van der Waals surface area (Å²) in [5.41, 5.74) is 3.65. The van der Waals surface area contributed by atoms with Crippen molar-refractivity contribution in [1.82, 2.24) is 9.97 Å². The standard InChI is InChI=1S/C17H17ClN2O/c1-10-15(18)19-16(12-5-6-12)20-17(10)21-14-8-7-11-3-2-4-13(11)9-14/h7-9,12H,2-6H2,1H3. The van der Waals surface area contributed by atoms with Gasteiger partial charge in [-0.3, -0.25) is 0 Å². The molecule has 1 aromatic heterocycles. The highest BCUT2D eigenvalue weighted by Gasteiger charge is 2.28. The molecule has 1 saturated carbocycles. The molecule has 4 rings (SSSR count). The number of halogens is 1. The predicted octanol–water partition coefficient (Wildman–Crippen LogP) is 4.60. The molecule has 2 aliphatic rings. The second kappa shape index (κ2) is 4.99. The van der Waals surface area contributed by atoms with Crippen molar-refractivity contribution < 1.29 is 4.74 Å². The zero-order chi connectivity index (χ0) is 14.4. The molecular weight excluding hydrogens is 284 g/mol. The zero-order valence-electron chi connectivity index (χ0n) is 12.0. The Morgan fingerprint density at radius 1 is 1.14 bits per heavy atom. The van der Waals surface area contributed by atoms with E-state index in [1.54, 1.807) is 0 Å². The number of aryl methyl sites for hydroxylation is 2. The largest absolute Gasteiger partial charge is 0.439 e. The van der Waals surface area contributed by atoms with Gasteiger partial charge in [0.2, 0.25) is 5.88 Å². The van der Waals surface area contributed by atoms with E-state index in [4.69, 9.17) is 16.3 Å². The predicted molar refractivity (Wildman–Crippen MR) is 82.3 cm³/mol. The molecule has 21 heavy (non-hydrogen) atoms. The van der Waals surface area contributed by atoms with Crippen LogP contribution in [0.2, 0.25) is 5.15 Å². The molecule has 0 amide bonds. The molecule has 108 valence electrons. The van der Waals surface area contributed by atoms with Crippen LogP contribution in [0.1, 0.15) is 47.7 Å². The molecule has 0 atom stereocenters. The van der Waals surface area contributed by atoms with Crippen LogP contribution in [0.5, 0.6) is 11.6 Å². The lowest BCUT2D eigenvalue weighted by Gasteiger charge is -2.11. The maximum atomic E-state index is 6.22. The summed E-state index contributed by atoms with van der Waals surface area (Å²) in [5, 5.41) is 0.503. The number of benzene rings is 1. The van der Waals surface area contributed by atoms with Crippen LogP contribution in [-0.4, -0.2) is 9.97 Å². The minimum absolute atomic E-state index is 0.463. The molecule has 1 fully saturated rings. The van der Waals surface area contributed by atoms with Crippen LogP contribution in [0.15, 0.2) is 18.2 Å². The SMILES string of the molecule is Cc1c(Cl)nc(C2CC2)nc1Oc1ccc2c(c1)CCC2. The number of ether oxygens (including phenoxy) is 1. The highest BCUT2D eigenvalue weighted by molar-refractivity contribution is 6.30. The second-order valence-corrected chi connectivity index (χ2v) is 6.32. The first-order valence-corrected chi connectivity index (χ1v) is 7.92. The van der Waals surface area contributed by atoms with Crippen molar-refractivity contribution in [3.63, 3.8) is 0 Å². The summed E-state index contributed by atoms with van der Waals surface area (Å²) < 4.78 is 6.00. The Morgan fingerprint density at radius 2 is 1.95 bits per heavy atom. The average molecular weight is 301 g/mol. The Bertz CT molecular complexity index is 710. The van der Waals surface area contributed by atoms with Gasteiger partial charge in [-0.15, -0.1) is 0 Å². The number of aromatic nitrogens is 2. The van der Waals surface area contributed by atoms with Crippen molar-refractivity contribution in [1.29, 1.82) is 0 Å². The van der Waals surface area contributed by atoms with Gasteiger partial charge in [-0.2, -0.15) is 4.98 Å². The molecule has 1 aromatic carbocycles. The van der Waals surface area contributed by atoms with Crippen molar-refractivity contribution in [2.24, 2.45) is 0 Å². The van der Waals surface area contributed by atoms with E-state index in [0.29, 0.717) is 17.0 Å². The number of hydrogen-bond donors (Lipinski definition) is 0. The van der Waals surface area contributed by atoms with Gasteiger partial charge in [0.15, 0.2) is 0 Å².